The Balaban J connectivity index is 2.05. The molecule has 0 atom stereocenters. The summed E-state index contributed by atoms with van der Waals surface area (Å²) in [5, 5.41) is 4.99. The van der Waals surface area contributed by atoms with Gasteiger partial charge in [-0.15, -0.1) is 0 Å². The number of nitrogens with one attached hydrogen (secondary N) is 1. The van der Waals surface area contributed by atoms with Gasteiger partial charge in [0.25, 0.3) is 0 Å². The van der Waals surface area contributed by atoms with Crippen molar-refractivity contribution in [2.24, 2.45) is 5.10 Å². The van der Waals surface area contributed by atoms with Gasteiger partial charge in [-0.1, -0.05) is 53.0 Å². The van der Waals surface area contributed by atoms with Gasteiger partial charge in [0.15, 0.2) is 5.82 Å². The highest BCUT2D eigenvalue weighted by Gasteiger charge is 2.00. The number of hydrogen-bond acceptors (Lipinski definition) is 3. The predicted octanol–water partition coefficient (Wildman–Crippen LogP) is 4.14. The number of benzene rings is 1. The van der Waals surface area contributed by atoms with Crippen LogP contribution in [0.3, 0.4) is 0 Å². The van der Waals surface area contributed by atoms with Crippen LogP contribution in [0.25, 0.3) is 0 Å². The Morgan fingerprint density at radius 3 is 2.61 bits per heavy atom. The van der Waals surface area contributed by atoms with Gasteiger partial charge in [0, 0.05) is 6.20 Å². The van der Waals surface area contributed by atoms with Crippen molar-refractivity contribution in [3.8, 4) is 0 Å². The third-order valence-corrected chi connectivity index (χ3v) is 2.76. The van der Waals surface area contributed by atoms with Crippen LogP contribution in [0, 0.1) is 6.92 Å². The van der Waals surface area contributed by atoms with Crippen molar-refractivity contribution in [3.05, 3.63) is 57.7 Å². The molecule has 0 saturated carbocycles. The Kier molecular flexibility index (Phi) is 4.18. The highest BCUT2D eigenvalue weighted by atomic mass is 35.5. The normalized spacial score (nSPS) is 10.8. The zero-order chi connectivity index (χ0) is 13.0. The lowest BCUT2D eigenvalue weighted by Gasteiger charge is -2.01. The maximum absolute atomic E-state index is 5.95. The number of nitrogens with zero attached hydrogens (tertiary/aromatic N) is 2. The van der Waals surface area contributed by atoms with Gasteiger partial charge in [0.2, 0.25) is 0 Å². The summed E-state index contributed by atoms with van der Waals surface area (Å²) in [6.07, 6.45) is 3.21. The molecule has 0 bridgehead atoms. The van der Waals surface area contributed by atoms with Crippen LogP contribution in [0.1, 0.15) is 11.1 Å². The van der Waals surface area contributed by atoms with E-state index in [9.17, 15) is 0 Å². The number of pyridine rings is 1. The SMILES string of the molecule is Cc1ccc(/C=N\Nc2ncc(Cl)cc2Cl)cc1. The van der Waals surface area contributed by atoms with Crippen molar-refractivity contribution in [1.29, 1.82) is 0 Å². The fourth-order valence-electron chi connectivity index (χ4n) is 1.32. The molecule has 1 heterocycles. The third kappa shape index (κ3) is 3.45. The molecular weight excluding hydrogens is 269 g/mol. The van der Waals surface area contributed by atoms with E-state index in [4.69, 9.17) is 23.2 Å². The average Bonchev–Trinajstić information content (AvgIpc) is 2.34. The fraction of sp³-hybridized carbons (Fsp3) is 0.0769. The number of rotatable bonds is 3. The van der Waals surface area contributed by atoms with Crippen LogP contribution in [0.2, 0.25) is 10.0 Å². The van der Waals surface area contributed by atoms with Crippen LogP contribution in [0.15, 0.2) is 41.6 Å². The van der Waals surface area contributed by atoms with E-state index < -0.39 is 0 Å². The topological polar surface area (TPSA) is 37.3 Å². The van der Waals surface area contributed by atoms with Crippen LogP contribution in [0.4, 0.5) is 5.82 Å². The number of hydrazone groups is 1. The summed E-state index contributed by atoms with van der Waals surface area (Å²) in [5.41, 5.74) is 4.98. The Morgan fingerprint density at radius 1 is 1.22 bits per heavy atom. The smallest absolute Gasteiger partial charge is 0.165 e. The highest BCUT2D eigenvalue weighted by Crippen LogP contribution is 2.22. The van der Waals surface area contributed by atoms with Gasteiger partial charge in [0.05, 0.1) is 16.3 Å². The van der Waals surface area contributed by atoms with Crippen LogP contribution < -0.4 is 5.43 Å². The molecule has 1 aromatic heterocycles. The molecule has 1 N–H and O–H groups in total. The van der Waals surface area contributed by atoms with Crippen molar-refractivity contribution in [2.45, 2.75) is 6.92 Å². The van der Waals surface area contributed by atoms with E-state index in [0.29, 0.717) is 15.9 Å². The molecule has 0 aliphatic carbocycles. The zero-order valence-corrected chi connectivity index (χ0v) is 11.2. The molecule has 2 aromatic rings. The molecule has 2 rings (SSSR count). The van der Waals surface area contributed by atoms with Crippen LogP contribution in [-0.4, -0.2) is 11.2 Å². The lowest BCUT2D eigenvalue weighted by atomic mass is 10.2. The standard InChI is InChI=1S/C13H11Cl2N3/c1-9-2-4-10(5-3-9)7-17-18-13-12(15)6-11(14)8-16-13/h2-8H,1H3,(H,16,18)/b17-7-. The number of anilines is 1. The second kappa shape index (κ2) is 5.85. The Hall–Kier alpha value is -1.58. The third-order valence-electron chi connectivity index (χ3n) is 2.27. The van der Waals surface area contributed by atoms with Crippen molar-refractivity contribution in [2.75, 3.05) is 5.43 Å². The van der Waals surface area contributed by atoms with E-state index in [1.165, 1.54) is 11.8 Å². The summed E-state index contributed by atoms with van der Waals surface area (Å²) in [4.78, 5) is 4.03. The van der Waals surface area contributed by atoms with E-state index in [1.54, 1.807) is 12.3 Å². The van der Waals surface area contributed by atoms with Gasteiger partial charge < -0.3 is 0 Å². The first kappa shape index (κ1) is 12.9. The van der Waals surface area contributed by atoms with Gasteiger partial charge in [-0.05, 0) is 18.6 Å². The number of halogens is 2. The van der Waals surface area contributed by atoms with Crippen molar-refractivity contribution in [1.82, 2.24) is 4.98 Å². The second-order valence-electron chi connectivity index (χ2n) is 3.76. The molecule has 0 fully saturated rings. The molecule has 18 heavy (non-hydrogen) atoms. The van der Waals surface area contributed by atoms with E-state index in [0.717, 1.165) is 5.56 Å². The first-order valence-corrected chi connectivity index (χ1v) is 6.07. The monoisotopic (exact) mass is 279 g/mol. The van der Waals surface area contributed by atoms with Gasteiger partial charge in [-0.25, -0.2) is 4.98 Å². The molecule has 0 saturated heterocycles. The van der Waals surface area contributed by atoms with Crippen LogP contribution in [0.5, 0.6) is 0 Å². The van der Waals surface area contributed by atoms with E-state index in [-0.39, 0.29) is 0 Å². The molecule has 5 heteroatoms. The van der Waals surface area contributed by atoms with E-state index in [2.05, 4.69) is 15.5 Å². The summed E-state index contributed by atoms with van der Waals surface area (Å²) in [5.74, 6) is 0.476. The average molecular weight is 280 g/mol. The molecule has 0 aliphatic heterocycles. The van der Waals surface area contributed by atoms with Crippen molar-refractivity contribution in [3.63, 3.8) is 0 Å². The molecule has 0 unspecified atom stereocenters. The quantitative estimate of drug-likeness (QED) is 0.677. The molecule has 1 aromatic carbocycles. The zero-order valence-electron chi connectivity index (χ0n) is 9.69. The van der Waals surface area contributed by atoms with E-state index >= 15 is 0 Å². The number of aryl methyl sites for hydroxylation is 1. The van der Waals surface area contributed by atoms with Gasteiger partial charge >= 0.3 is 0 Å². The first-order chi connectivity index (χ1) is 8.65. The lowest BCUT2D eigenvalue weighted by Crippen LogP contribution is -1.94. The molecule has 3 nitrogen and oxygen atoms in total. The van der Waals surface area contributed by atoms with Crippen molar-refractivity contribution >= 4 is 35.2 Å². The predicted molar refractivity (Wildman–Crippen MR) is 76.7 cm³/mol. The fourth-order valence-corrected chi connectivity index (χ4v) is 1.74. The minimum atomic E-state index is 0.434. The summed E-state index contributed by atoms with van der Waals surface area (Å²) >= 11 is 11.7. The molecule has 0 aliphatic rings. The van der Waals surface area contributed by atoms with E-state index in [1.807, 2.05) is 31.2 Å². The number of hydrogen-bond donors (Lipinski definition) is 1. The summed E-state index contributed by atoms with van der Waals surface area (Å²) in [6.45, 7) is 2.04. The van der Waals surface area contributed by atoms with Crippen molar-refractivity contribution < 1.29 is 0 Å². The second-order valence-corrected chi connectivity index (χ2v) is 4.61. The Bertz CT molecular complexity index is 565. The molecule has 0 amide bonds. The Morgan fingerprint density at radius 2 is 1.94 bits per heavy atom. The highest BCUT2D eigenvalue weighted by molar-refractivity contribution is 6.35. The maximum Gasteiger partial charge on any atom is 0.165 e. The number of aromatic nitrogens is 1. The van der Waals surface area contributed by atoms with Gasteiger partial charge in [-0.3, -0.25) is 5.43 Å². The molecule has 92 valence electrons. The van der Waals surface area contributed by atoms with Crippen LogP contribution >= 0.6 is 23.2 Å². The maximum atomic E-state index is 5.95. The van der Waals surface area contributed by atoms with Gasteiger partial charge in [0.1, 0.15) is 0 Å². The summed E-state index contributed by atoms with van der Waals surface area (Å²) < 4.78 is 0. The Labute approximate surface area is 115 Å². The van der Waals surface area contributed by atoms with Gasteiger partial charge in [-0.2, -0.15) is 5.10 Å². The lowest BCUT2D eigenvalue weighted by molar-refractivity contribution is 1.23. The molecular formula is C13H11Cl2N3. The molecule has 0 radical (unpaired) electrons. The summed E-state index contributed by atoms with van der Waals surface area (Å²) in [6, 6.07) is 9.62. The first-order valence-electron chi connectivity index (χ1n) is 5.32. The minimum Gasteiger partial charge on any atom is -0.260 e. The molecule has 0 spiro atoms. The minimum absolute atomic E-state index is 0.434. The summed E-state index contributed by atoms with van der Waals surface area (Å²) in [7, 11) is 0. The largest absolute Gasteiger partial charge is 0.260 e. The van der Waals surface area contributed by atoms with Crippen LogP contribution in [-0.2, 0) is 0 Å².